The van der Waals surface area contributed by atoms with Gasteiger partial charge in [0.05, 0.1) is 32.2 Å². The van der Waals surface area contributed by atoms with Crippen molar-refractivity contribution >= 4 is 33.3 Å². The predicted octanol–water partition coefficient (Wildman–Crippen LogP) is 2.41. The van der Waals surface area contributed by atoms with Crippen molar-refractivity contribution in [2.75, 3.05) is 4.90 Å². The standard InChI is InChI=1S/C20H12N2O6S/c23-18-16-6-5-15(29(27,28)14-3-1-12(2-4-14)20(25)26)11-17(16)19(24)22(18)13-7-9-21-10-8-13/h1-11H,(H,25,26). The van der Waals surface area contributed by atoms with Crippen LogP contribution in [0.3, 0.4) is 0 Å². The van der Waals surface area contributed by atoms with E-state index in [1.165, 1.54) is 60.9 Å². The number of hydrogen-bond acceptors (Lipinski definition) is 6. The van der Waals surface area contributed by atoms with Crippen LogP contribution < -0.4 is 4.90 Å². The number of carboxylic acid groups (broad SMARTS) is 1. The second-order valence-electron chi connectivity index (χ2n) is 6.19. The van der Waals surface area contributed by atoms with Gasteiger partial charge in [-0.25, -0.2) is 18.1 Å². The molecule has 2 amide bonds. The number of anilines is 1. The van der Waals surface area contributed by atoms with Crippen molar-refractivity contribution in [1.82, 2.24) is 4.98 Å². The Morgan fingerprint density at radius 2 is 1.41 bits per heavy atom. The molecule has 0 radical (unpaired) electrons. The molecule has 0 saturated carbocycles. The number of aromatic carboxylic acids is 1. The molecule has 144 valence electrons. The Labute approximate surface area is 165 Å². The first-order valence-electron chi connectivity index (χ1n) is 8.32. The monoisotopic (exact) mass is 408 g/mol. The van der Waals surface area contributed by atoms with E-state index in [2.05, 4.69) is 4.98 Å². The van der Waals surface area contributed by atoms with E-state index >= 15 is 0 Å². The fourth-order valence-electron chi connectivity index (χ4n) is 3.03. The molecule has 1 aliphatic rings. The van der Waals surface area contributed by atoms with E-state index in [0.29, 0.717) is 5.69 Å². The molecule has 0 atom stereocenters. The number of carboxylic acids is 1. The average molecular weight is 408 g/mol. The summed E-state index contributed by atoms with van der Waals surface area (Å²) in [5.41, 5.74) is 0.369. The number of rotatable bonds is 4. The van der Waals surface area contributed by atoms with Gasteiger partial charge in [0.25, 0.3) is 11.8 Å². The van der Waals surface area contributed by atoms with Gasteiger partial charge in [-0.05, 0) is 54.6 Å². The third kappa shape index (κ3) is 2.97. The number of benzene rings is 2. The van der Waals surface area contributed by atoms with E-state index in [-0.39, 0.29) is 26.5 Å². The zero-order valence-corrected chi connectivity index (χ0v) is 15.5. The molecule has 2 aromatic carbocycles. The average Bonchev–Trinajstić information content (AvgIpc) is 2.98. The Kier molecular flexibility index (Phi) is 4.24. The van der Waals surface area contributed by atoms with Crippen molar-refractivity contribution in [3.8, 4) is 0 Å². The third-order valence-corrected chi connectivity index (χ3v) is 6.27. The molecule has 3 aromatic rings. The van der Waals surface area contributed by atoms with Gasteiger partial charge < -0.3 is 5.11 Å². The minimum Gasteiger partial charge on any atom is -0.478 e. The van der Waals surface area contributed by atoms with Crippen LogP contribution in [0.25, 0.3) is 0 Å². The molecule has 29 heavy (non-hydrogen) atoms. The maximum atomic E-state index is 12.9. The zero-order valence-electron chi connectivity index (χ0n) is 14.6. The fourth-order valence-corrected chi connectivity index (χ4v) is 4.31. The van der Waals surface area contributed by atoms with E-state index in [0.717, 1.165) is 11.0 Å². The summed E-state index contributed by atoms with van der Waals surface area (Å²) in [6.07, 6.45) is 2.88. The zero-order chi connectivity index (χ0) is 20.8. The lowest BCUT2D eigenvalue weighted by molar-refractivity contribution is 0.0696. The van der Waals surface area contributed by atoms with E-state index in [9.17, 15) is 22.8 Å². The van der Waals surface area contributed by atoms with Crippen molar-refractivity contribution in [2.45, 2.75) is 9.79 Å². The summed E-state index contributed by atoms with van der Waals surface area (Å²) in [5.74, 6) is -2.35. The number of carbonyl (C=O) groups excluding carboxylic acids is 2. The molecule has 0 spiro atoms. The second-order valence-corrected chi connectivity index (χ2v) is 8.14. The number of amides is 2. The Hall–Kier alpha value is -3.85. The van der Waals surface area contributed by atoms with Crippen molar-refractivity contribution in [3.63, 3.8) is 0 Å². The first-order chi connectivity index (χ1) is 13.8. The van der Waals surface area contributed by atoms with Gasteiger partial charge in [-0.15, -0.1) is 0 Å². The summed E-state index contributed by atoms with van der Waals surface area (Å²) in [7, 11) is -4.01. The number of imide groups is 1. The molecule has 9 heteroatoms. The molecular formula is C20H12N2O6S. The summed E-state index contributed by atoms with van der Waals surface area (Å²) in [6.45, 7) is 0. The number of sulfone groups is 1. The maximum Gasteiger partial charge on any atom is 0.335 e. The smallest absolute Gasteiger partial charge is 0.335 e. The molecule has 0 fully saturated rings. The van der Waals surface area contributed by atoms with E-state index < -0.39 is 27.6 Å². The van der Waals surface area contributed by atoms with Gasteiger partial charge in [0.2, 0.25) is 9.84 Å². The van der Waals surface area contributed by atoms with Crippen molar-refractivity contribution in [2.24, 2.45) is 0 Å². The van der Waals surface area contributed by atoms with Gasteiger partial charge in [0.1, 0.15) is 0 Å². The number of nitrogens with zero attached hydrogens (tertiary/aromatic N) is 2. The highest BCUT2D eigenvalue weighted by Gasteiger charge is 2.37. The van der Waals surface area contributed by atoms with Crippen LogP contribution in [-0.2, 0) is 9.84 Å². The molecule has 0 saturated heterocycles. The van der Waals surface area contributed by atoms with Crippen LogP contribution in [0, 0.1) is 0 Å². The number of carbonyl (C=O) groups is 3. The highest BCUT2D eigenvalue weighted by molar-refractivity contribution is 7.91. The number of aromatic nitrogens is 1. The summed E-state index contributed by atoms with van der Waals surface area (Å²) in [5, 5.41) is 8.95. The molecule has 0 bridgehead atoms. The molecule has 1 aliphatic heterocycles. The van der Waals surface area contributed by atoms with E-state index in [1.54, 1.807) is 0 Å². The van der Waals surface area contributed by atoms with Gasteiger partial charge >= 0.3 is 5.97 Å². The third-order valence-electron chi connectivity index (χ3n) is 4.50. The topological polar surface area (TPSA) is 122 Å². The molecular weight excluding hydrogens is 396 g/mol. The lowest BCUT2D eigenvalue weighted by Crippen LogP contribution is -2.29. The minimum absolute atomic E-state index is 0.0185. The summed E-state index contributed by atoms with van der Waals surface area (Å²) < 4.78 is 25.8. The molecule has 4 rings (SSSR count). The molecule has 1 N–H and O–H groups in total. The summed E-state index contributed by atoms with van der Waals surface area (Å²) in [6, 6.07) is 11.5. The predicted molar refractivity (Wildman–Crippen MR) is 101 cm³/mol. The second kappa shape index (κ2) is 6.64. The summed E-state index contributed by atoms with van der Waals surface area (Å²) in [4.78, 5) is 40.9. The normalized spacial score (nSPS) is 13.4. The van der Waals surface area contributed by atoms with Gasteiger partial charge in [0.15, 0.2) is 0 Å². The Morgan fingerprint density at radius 1 is 0.828 bits per heavy atom. The molecule has 8 nitrogen and oxygen atoms in total. The van der Waals surface area contributed by atoms with Crippen LogP contribution in [0.15, 0.2) is 76.8 Å². The maximum absolute atomic E-state index is 12.9. The Bertz CT molecular complexity index is 1270. The first kappa shape index (κ1) is 18.5. The highest BCUT2D eigenvalue weighted by Crippen LogP contribution is 2.31. The van der Waals surface area contributed by atoms with Crippen molar-refractivity contribution < 1.29 is 27.9 Å². The highest BCUT2D eigenvalue weighted by atomic mass is 32.2. The Balaban J connectivity index is 1.75. The van der Waals surface area contributed by atoms with Gasteiger partial charge in [0, 0.05) is 12.4 Å². The van der Waals surface area contributed by atoms with Gasteiger partial charge in [-0.2, -0.15) is 0 Å². The molecule has 0 aliphatic carbocycles. The van der Waals surface area contributed by atoms with Gasteiger partial charge in [-0.3, -0.25) is 14.6 Å². The number of hydrogen-bond donors (Lipinski definition) is 1. The molecule has 1 aromatic heterocycles. The number of pyridine rings is 1. The summed E-state index contributed by atoms with van der Waals surface area (Å²) >= 11 is 0. The van der Waals surface area contributed by atoms with Crippen LogP contribution in [0.4, 0.5) is 5.69 Å². The molecule has 0 unspecified atom stereocenters. The number of fused-ring (bicyclic) bond motifs is 1. The van der Waals surface area contributed by atoms with Crippen LogP contribution in [0.1, 0.15) is 31.1 Å². The van der Waals surface area contributed by atoms with Crippen LogP contribution in [-0.4, -0.2) is 36.3 Å². The van der Waals surface area contributed by atoms with Crippen LogP contribution >= 0.6 is 0 Å². The SMILES string of the molecule is O=C(O)c1ccc(S(=O)(=O)c2ccc3c(c2)C(=O)N(c2ccncc2)C3=O)cc1. The Morgan fingerprint density at radius 3 is 2.03 bits per heavy atom. The minimum atomic E-state index is -4.01. The lowest BCUT2D eigenvalue weighted by atomic mass is 10.1. The van der Waals surface area contributed by atoms with Crippen LogP contribution in [0.5, 0.6) is 0 Å². The largest absolute Gasteiger partial charge is 0.478 e. The lowest BCUT2D eigenvalue weighted by Gasteiger charge is -2.12. The van der Waals surface area contributed by atoms with Crippen molar-refractivity contribution in [3.05, 3.63) is 83.7 Å². The van der Waals surface area contributed by atoms with Crippen molar-refractivity contribution in [1.29, 1.82) is 0 Å². The first-order valence-corrected chi connectivity index (χ1v) is 9.80. The quantitative estimate of drug-likeness (QED) is 0.658. The van der Waals surface area contributed by atoms with Crippen LogP contribution in [0.2, 0.25) is 0 Å². The van der Waals surface area contributed by atoms with E-state index in [1.807, 2.05) is 0 Å². The van der Waals surface area contributed by atoms with Gasteiger partial charge in [-0.1, -0.05) is 0 Å². The molecule has 2 heterocycles. The van der Waals surface area contributed by atoms with E-state index in [4.69, 9.17) is 5.11 Å². The fraction of sp³-hybridized carbons (Fsp3) is 0.